The van der Waals surface area contributed by atoms with Gasteiger partial charge < -0.3 is 10.8 Å². The van der Waals surface area contributed by atoms with E-state index in [-0.39, 0.29) is 5.56 Å². The number of aryl methyl sites for hydroxylation is 2. The Kier molecular flexibility index (Phi) is 3.55. The maximum Gasteiger partial charge on any atom is 0.337 e. The van der Waals surface area contributed by atoms with Crippen LogP contribution >= 0.6 is 0 Å². The summed E-state index contributed by atoms with van der Waals surface area (Å²) in [5.41, 5.74) is 9.35. The van der Waals surface area contributed by atoms with Gasteiger partial charge in [-0.15, -0.1) is 0 Å². The first-order valence-electron chi connectivity index (χ1n) is 6.14. The largest absolute Gasteiger partial charge is 0.478 e. The van der Waals surface area contributed by atoms with Gasteiger partial charge in [0.15, 0.2) is 0 Å². The van der Waals surface area contributed by atoms with Gasteiger partial charge >= 0.3 is 5.97 Å². The molecule has 2 aromatic rings. The van der Waals surface area contributed by atoms with Crippen molar-refractivity contribution >= 4 is 11.7 Å². The quantitative estimate of drug-likeness (QED) is 0.821. The Bertz CT molecular complexity index is 617. The molecule has 1 heterocycles. The number of hydrogen-bond donors (Lipinski definition) is 2. The topological polar surface area (TPSA) is 81.1 Å². The van der Waals surface area contributed by atoms with Gasteiger partial charge in [0.05, 0.1) is 5.56 Å². The molecule has 5 nitrogen and oxygen atoms in total. The molecule has 0 amide bonds. The van der Waals surface area contributed by atoms with Gasteiger partial charge in [0.25, 0.3) is 0 Å². The van der Waals surface area contributed by atoms with Crippen LogP contribution in [0.1, 0.15) is 34.1 Å². The molecule has 5 heteroatoms. The standard InChI is InChI=1S/C14H17N3O2/c1-3-9-8-13(15)12(14(18)19)7-10(9)6-11-4-5-16-17(11)2/h4-5,7-8H,3,6,15H2,1-2H3,(H,18,19). The zero-order valence-electron chi connectivity index (χ0n) is 11.1. The normalized spacial score (nSPS) is 10.6. The summed E-state index contributed by atoms with van der Waals surface area (Å²) in [5, 5.41) is 13.3. The van der Waals surface area contributed by atoms with Gasteiger partial charge in [0.2, 0.25) is 0 Å². The van der Waals surface area contributed by atoms with Crippen LogP contribution in [0.3, 0.4) is 0 Å². The maximum absolute atomic E-state index is 11.1. The van der Waals surface area contributed by atoms with E-state index in [1.54, 1.807) is 23.0 Å². The van der Waals surface area contributed by atoms with Gasteiger partial charge in [-0.05, 0) is 35.7 Å². The van der Waals surface area contributed by atoms with E-state index in [0.29, 0.717) is 12.1 Å². The molecular formula is C14H17N3O2. The Morgan fingerprint density at radius 2 is 2.16 bits per heavy atom. The molecule has 1 aromatic heterocycles. The fourth-order valence-corrected chi connectivity index (χ4v) is 2.16. The van der Waals surface area contributed by atoms with Crippen molar-refractivity contribution in [3.63, 3.8) is 0 Å². The summed E-state index contributed by atoms with van der Waals surface area (Å²) in [7, 11) is 1.87. The molecular weight excluding hydrogens is 242 g/mol. The van der Waals surface area contributed by atoms with Gasteiger partial charge in [-0.25, -0.2) is 4.79 Å². The zero-order valence-corrected chi connectivity index (χ0v) is 11.1. The molecule has 0 unspecified atom stereocenters. The number of anilines is 1. The number of aromatic carboxylic acids is 1. The van der Waals surface area contributed by atoms with Crippen molar-refractivity contribution < 1.29 is 9.90 Å². The Balaban J connectivity index is 2.46. The number of nitrogens with zero attached hydrogens (tertiary/aromatic N) is 2. The lowest BCUT2D eigenvalue weighted by Crippen LogP contribution is -2.07. The Morgan fingerprint density at radius 3 is 2.68 bits per heavy atom. The summed E-state index contributed by atoms with van der Waals surface area (Å²) in [5.74, 6) is -0.994. The van der Waals surface area contributed by atoms with Crippen LogP contribution in [0.2, 0.25) is 0 Å². The second kappa shape index (κ2) is 5.14. The number of benzene rings is 1. The highest BCUT2D eigenvalue weighted by atomic mass is 16.4. The third kappa shape index (κ3) is 2.59. The fraction of sp³-hybridized carbons (Fsp3) is 0.286. The average Bonchev–Trinajstić information content (AvgIpc) is 2.76. The van der Waals surface area contributed by atoms with Crippen LogP contribution in [0.25, 0.3) is 0 Å². The summed E-state index contributed by atoms with van der Waals surface area (Å²) in [6.45, 7) is 2.03. The molecule has 0 bridgehead atoms. The number of carboxylic acid groups (broad SMARTS) is 1. The van der Waals surface area contributed by atoms with Gasteiger partial charge in [0.1, 0.15) is 0 Å². The molecule has 100 valence electrons. The average molecular weight is 259 g/mol. The third-order valence-corrected chi connectivity index (χ3v) is 3.28. The first kappa shape index (κ1) is 13.1. The summed E-state index contributed by atoms with van der Waals surface area (Å²) in [4.78, 5) is 11.1. The zero-order chi connectivity index (χ0) is 14.0. The van der Waals surface area contributed by atoms with Gasteiger partial charge in [-0.3, -0.25) is 4.68 Å². The SMILES string of the molecule is CCc1cc(N)c(C(=O)O)cc1Cc1ccnn1C. The fourth-order valence-electron chi connectivity index (χ4n) is 2.16. The number of nitrogen functional groups attached to an aromatic ring is 1. The molecule has 1 aromatic carbocycles. The van der Waals surface area contributed by atoms with Crippen molar-refractivity contribution in [2.45, 2.75) is 19.8 Å². The van der Waals surface area contributed by atoms with Gasteiger partial charge in [-0.2, -0.15) is 5.10 Å². The van der Waals surface area contributed by atoms with E-state index in [2.05, 4.69) is 5.10 Å². The van der Waals surface area contributed by atoms with E-state index in [1.807, 2.05) is 20.0 Å². The minimum absolute atomic E-state index is 0.161. The molecule has 0 aliphatic heterocycles. The highest BCUT2D eigenvalue weighted by molar-refractivity contribution is 5.94. The highest BCUT2D eigenvalue weighted by Gasteiger charge is 2.13. The van der Waals surface area contributed by atoms with E-state index in [9.17, 15) is 4.79 Å². The lowest BCUT2D eigenvalue weighted by molar-refractivity contribution is 0.0698. The lowest BCUT2D eigenvalue weighted by Gasteiger charge is -2.11. The van der Waals surface area contributed by atoms with Crippen molar-refractivity contribution in [3.05, 3.63) is 46.8 Å². The number of hydrogen-bond acceptors (Lipinski definition) is 3. The van der Waals surface area contributed by atoms with Gasteiger partial charge in [0, 0.05) is 31.0 Å². The molecule has 0 fully saturated rings. The molecule has 0 saturated heterocycles. The minimum Gasteiger partial charge on any atom is -0.478 e. The van der Waals surface area contributed by atoms with E-state index < -0.39 is 5.97 Å². The number of rotatable bonds is 4. The second-order valence-electron chi connectivity index (χ2n) is 4.49. The second-order valence-corrected chi connectivity index (χ2v) is 4.49. The van der Waals surface area contributed by atoms with Crippen LogP contribution in [-0.2, 0) is 19.9 Å². The van der Waals surface area contributed by atoms with Crippen LogP contribution in [0.15, 0.2) is 24.4 Å². The first-order valence-corrected chi connectivity index (χ1v) is 6.14. The van der Waals surface area contributed by atoms with E-state index in [1.165, 1.54) is 0 Å². The minimum atomic E-state index is -0.994. The van der Waals surface area contributed by atoms with E-state index in [0.717, 1.165) is 23.2 Å². The number of nitrogens with two attached hydrogens (primary N) is 1. The Hall–Kier alpha value is -2.30. The lowest BCUT2D eigenvalue weighted by atomic mass is 9.97. The van der Waals surface area contributed by atoms with Crippen molar-refractivity contribution in [1.29, 1.82) is 0 Å². The molecule has 0 radical (unpaired) electrons. The molecule has 0 aliphatic carbocycles. The maximum atomic E-state index is 11.1. The Labute approximate surface area is 111 Å². The van der Waals surface area contributed by atoms with Gasteiger partial charge in [-0.1, -0.05) is 6.92 Å². The van der Waals surface area contributed by atoms with E-state index >= 15 is 0 Å². The number of carbonyl (C=O) groups is 1. The van der Waals surface area contributed by atoms with Crippen molar-refractivity contribution in [3.8, 4) is 0 Å². The van der Waals surface area contributed by atoms with E-state index in [4.69, 9.17) is 10.8 Å². The molecule has 3 N–H and O–H groups in total. The molecule has 0 atom stereocenters. The summed E-state index contributed by atoms with van der Waals surface area (Å²) >= 11 is 0. The van der Waals surface area contributed by atoms with Crippen molar-refractivity contribution in [2.75, 3.05) is 5.73 Å². The first-order chi connectivity index (χ1) is 9.02. The predicted octanol–water partition coefficient (Wildman–Crippen LogP) is 1.85. The van der Waals surface area contributed by atoms with Crippen LogP contribution in [0.4, 0.5) is 5.69 Å². The summed E-state index contributed by atoms with van der Waals surface area (Å²) in [6, 6.07) is 5.36. The van der Waals surface area contributed by atoms with Crippen LogP contribution in [-0.4, -0.2) is 20.9 Å². The number of carboxylic acids is 1. The third-order valence-electron chi connectivity index (χ3n) is 3.28. The van der Waals surface area contributed by atoms with Crippen LogP contribution in [0.5, 0.6) is 0 Å². The molecule has 2 rings (SSSR count). The summed E-state index contributed by atoms with van der Waals surface area (Å²) in [6.07, 6.45) is 3.20. The number of aromatic nitrogens is 2. The van der Waals surface area contributed by atoms with Crippen LogP contribution in [0, 0.1) is 0 Å². The smallest absolute Gasteiger partial charge is 0.337 e. The van der Waals surface area contributed by atoms with Crippen molar-refractivity contribution in [1.82, 2.24) is 9.78 Å². The summed E-state index contributed by atoms with van der Waals surface area (Å²) < 4.78 is 1.79. The Morgan fingerprint density at radius 1 is 1.42 bits per heavy atom. The highest BCUT2D eigenvalue weighted by Crippen LogP contribution is 2.22. The molecule has 19 heavy (non-hydrogen) atoms. The van der Waals surface area contributed by atoms with Crippen LogP contribution < -0.4 is 5.73 Å². The molecule has 0 saturated carbocycles. The predicted molar refractivity (Wildman–Crippen MR) is 73.2 cm³/mol. The monoisotopic (exact) mass is 259 g/mol. The molecule has 0 aliphatic rings. The molecule has 0 spiro atoms. The van der Waals surface area contributed by atoms with Crippen molar-refractivity contribution in [2.24, 2.45) is 7.05 Å².